The number of aromatic carboxylic acids is 1. The molecule has 1 aromatic carbocycles. The monoisotopic (exact) mass is 265 g/mol. The summed E-state index contributed by atoms with van der Waals surface area (Å²) in [6.07, 6.45) is 0.400. The molecule has 0 spiro atoms. The lowest BCUT2D eigenvalue weighted by molar-refractivity contribution is -0.0263. The maximum absolute atomic E-state index is 11.1. The van der Waals surface area contributed by atoms with Crippen molar-refractivity contribution in [3.05, 3.63) is 35.4 Å². The Labute approximate surface area is 112 Å². The summed E-state index contributed by atoms with van der Waals surface area (Å²) in [4.78, 5) is 11.1. The Balaban J connectivity index is 1.94. The van der Waals surface area contributed by atoms with Crippen molar-refractivity contribution in [2.75, 3.05) is 13.2 Å². The van der Waals surface area contributed by atoms with Gasteiger partial charge in [-0.25, -0.2) is 4.79 Å². The average molecular weight is 265 g/mol. The zero-order chi connectivity index (χ0) is 13.9. The number of aliphatic hydroxyl groups is 1. The Kier molecular flexibility index (Phi) is 4.19. The zero-order valence-electron chi connectivity index (χ0n) is 10.9. The molecule has 5 nitrogen and oxygen atoms in total. The molecule has 1 saturated heterocycles. The number of hydrogen-bond donors (Lipinski definition) is 3. The van der Waals surface area contributed by atoms with E-state index in [2.05, 4.69) is 5.32 Å². The van der Waals surface area contributed by atoms with Crippen LogP contribution in [0.3, 0.4) is 0 Å². The third-order valence-corrected chi connectivity index (χ3v) is 3.65. The van der Waals surface area contributed by atoms with E-state index in [-0.39, 0.29) is 11.7 Å². The highest BCUT2D eigenvalue weighted by atomic mass is 16.5. The first kappa shape index (κ1) is 14.0. The van der Waals surface area contributed by atoms with Gasteiger partial charge in [-0.2, -0.15) is 0 Å². The fraction of sp³-hybridized carbons (Fsp3) is 0.500. The van der Waals surface area contributed by atoms with E-state index in [0.29, 0.717) is 31.7 Å². The minimum atomic E-state index is -0.936. The predicted molar refractivity (Wildman–Crippen MR) is 70.1 cm³/mol. The molecule has 1 fully saturated rings. The third kappa shape index (κ3) is 3.12. The second-order valence-corrected chi connectivity index (χ2v) is 4.93. The molecule has 2 rings (SSSR count). The number of carbonyl (C=O) groups is 1. The summed E-state index contributed by atoms with van der Waals surface area (Å²) in [7, 11) is 0. The highest BCUT2D eigenvalue weighted by molar-refractivity contribution is 5.89. The Bertz CT molecular complexity index is 463. The molecule has 1 heterocycles. The Morgan fingerprint density at radius 1 is 1.53 bits per heavy atom. The number of carboxylic acids is 1. The lowest BCUT2D eigenvalue weighted by Gasteiger charge is -2.26. The predicted octanol–water partition coefficient (Wildman–Crippen LogP) is 1.01. The second-order valence-electron chi connectivity index (χ2n) is 4.93. The maximum Gasteiger partial charge on any atom is 0.336 e. The molecule has 0 saturated carbocycles. The van der Waals surface area contributed by atoms with Crippen molar-refractivity contribution in [3.63, 3.8) is 0 Å². The molecule has 2 atom stereocenters. The highest BCUT2D eigenvalue weighted by Gasteiger charge is 2.38. The van der Waals surface area contributed by atoms with Gasteiger partial charge in [-0.05, 0) is 18.6 Å². The van der Waals surface area contributed by atoms with Crippen LogP contribution < -0.4 is 5.32 Å². The summed E-state index contributed by atoms with van der Waals surface area (Å²) < 4.78 is 5.35. The van der Waals surface area contributed by atoms with Gasteiger partial charge in [0, 0.05) is 26.1 Å². The minimum absolute atomic E-state index is 0.199. The molecule has 1 aliphatic rings. The third-order valence-electron chi connectivity index (χ3n) is 3.65. The summed E-state index contributed by atoms with van der Waals surface area (Å²) >= 11 is 0. The van der Waals surface area contributed by atoms with Crippen LogP contribution in [-0.2, 0) is 11.3 Å². The van der Waals surface area contributed by atoms with Gasteiger partial charge in [0.25, 0.3) is 0 Å². The van der Waals surface area contributed by atoms with Crippen molar-refractivity contribution < 1.29 is 19.7 Å². The number of carboxylic acid groups (broad SMARTS) is 1. The van der Waals surface area contributed by atoms with Crippen molar-refractivity contribution in [2.45, 2.75) is 31.6 Å². The fourth-order valence-electron chi connectivity index (χ4n) is 2.30. The molecular weight excluding hydrogens is 246 g/mol. The van der Waals surface area contributed by atoms with Crippen molar-refractivity contribution in [2.24, 2.45) is 0 Å². The maximum atomic E-state index is 11.1. The van der Waals surface area contributed by atoms with Crippen LogP contribution in [0.4, 0.5) is 0 Å². The molecular formula is C14H19NO4. The molecule has 5 heteroatoms. The van der Waals surface area contributed by atoms with Crippen LogP contribution in [0.1, 0.15) is 29.3 Å². The van der Waals surface area contributed by atoms with Crippen LogP contribution in [0.2, 0.25) is 0 Å². The number of rotatable bonds is 5. The van der Waals surface area contributed by atoms with Crippen LogP contribution >= 0.6 is 0 Å². The molecule has 0 aromatic heterocycles. The first-order valence-corrected chi connectivity index (χ1v) is 6.39. The quantitative estimate of drug-likeness (QED) is 0.740. The number of hydrogen-bond acceptors (Lipinski definition) is 4. The zero-order valence-corrected chi connectivity index (χ0v) is 10.9. The molecule has 1 aliphatic heterocycles. The highest BCUT2D eigenvalue weighted by Crippen LogP contribution is 2.24. The summed E-state index contributed by atoms with van der Waals surface area (Å²) in [6.45, 7) is 3.21. The van der Waals surface area contributed by atoms with Crippen molar-refractivity contribution in [1.82, 2.24) is 5.32 Å². The fourth-order valence-corrected chi connectivity index (χ4v) is 2.30. The second kappa shape index (κ2) is 5.69. The molecule has 0 aliphatic carbocycles. The van der Waals surface area contributed by atoms with E-state index in [1.54, 1.807) is 24.3 Å². The summed E-state index contributed by atoms with van der Waals surface area (Å²) in [5, 5.41) is 22.5. The van der Waals surface area contributed by atoms with E-state index >= 15 is 0 Å². The standard InChI is InChI=1S/C14H19NO4/c1-10-14(18,6-7-19-10)9-15-8-11-4-2-3-5-12(11)13(16)17/h2-5,10,15,18H,6-9H2,1H3,(H,16,17). The van der Waals surface area contributed by atoms with Crippen LogP contribution in [0.25, 0.3) is 0 Å². The van der Waals surface area contributed by atoms with Gasteiger partial charge in [-0.15, -0.1) is 0 Å². The van der Waals surface area contributed by atoms with Crippen LogP contribution in [0.15, 0.2) is 24.3 Å². The first-order chi connectivity index (χ1) is 9.03. The molecule has 0 bridgehead atoms. The van der Waals surface area contributed by atoms with Gasteiger partial charge in [0.05, 0.1) is 11.7 Å². The SMILES string of the molecule is CC1OCCC1(O)CNCc1ccccc1C(=O)O. The van der Waals surface area contributed by atoms with Gasteiger partial charge in [-0.3, -0.25) is 0 Å². The molecule has 3 N–H and O–H groups in total. The van der Waals surface area contributed by atoms with E-state index in [4.69, 9.17) is 9.84 Å². The molecule has 19 heavy (non-hydrogen) atoms. The van der Waals surface area contributed by atoms with E-state index in [0.717, 1.165) is 0 Å². The summed E-state index contributed by atoms with van der Waals surface area (Å²) in [6, 6.07) is 6.86. The number of nitrogens with one attached hydrogen (secondary N) is 1. The summed E-state index contributed by atoms with van der Waals surface area (Å²) in [5.41, 5.74) is 0.140. The van der Waals surface area contributed by atoms with Crippen LogP contribution in [0.5, 0.6) is 0 Å². The number of benzene rings is 1. The first-order valence-electron chi connectivity index (χ1n) is 6.39. The molecule has 104 valence electrons. The molecule has 0 radical (unpaired) electrons. The normalized spacial score (nSPS) is 26.5. The molecule has 1 aromatic rings. The smallest absolute Gasteiger partial charge is 0.336 e. The van der Waals surface area contributed by atoms with Crippen LogP contribution in [0, 0.1) is 0 Å². The van der Waals surface area contributed by atoms with Gasteiger partial charge in [0.1, 0.15) is 5.60 Å². The topological polar surface area (TPSA) is 78.8 Å². The van der Waals surface area contributed by atoms with E-state index in [1.807, 2.05) is 6.92 Å². The van der Waals surface area contributed by atoms with Gasteiger partial charge in [0.2, 0.25) is 0 Å². The lowest BCUT2D eigenvalue weighted by Crippen LogP contribution is -2.45. The Morgan fingerprint density at radius 3 is 2.89 bits per heavy atom. The number of ether oxygens (including phenoxy) is 1. The van der Waals surface area contributed by atoms with E-state index < -0.39 is 11.6 Å². The molecule has 0 amide bonds. The van der Waals surface area contributed by atoms with Gasteiger partial charge >= 0.3 is 5.97 Å². The van der Waals surface area contributed by atoms with E-state index in [1.165, 1.54) is 0 Å². The summed E-state index contributed by atoms with van der Waals surface area (Å²) in [5.74, 6) is -0.936. The van der Waals surface area contributed by atoms with Gasteiger partial charge < -0.3 is 20.3 Å². The Hall–Kier alpha value is -1.43. The average Bonchev–Trinajstić information content (AvgIpc) is 2.70. The van der Waals surface area contributed by atoms with Gasteiger partial charge in [0.15, 0.2) is 0 Å². The largest absolute Gasteiger partial charge is 0.478 e. The van der Waals surface area contributed by atoms with Crippen molar-refractivity contribution in [3.8, 4) is 0 Å². The van der Waals surface area contributed by atoms with Crippen molar-refractivity contribution >= 4 is 5.97 Å². The minimum Gasteiger partial charge on any atom is -0.478 e. The molecule has 2 unspecified atom stereocenters. The Morgan fingerprint density at radius 2 is 2.26 bits per heavy atom. The lowest BCUT2D eigenvalue weighted by atomic mass is 9.96. The van der Waals surface area contributed by atoms with Gasteiger partial charge in [-0.1, -0.05) is 18.2 Å². The van der Waals surface area contributed by atoms with Crippen LogP contribution in [-0.4, -0.2) is 41.0 Å². The van der Waals surface area contributed by atoms with Crippen molar-refractivity contribution in [1.29, 1.82) is 0 Å². The van der Waals surface area contributed by atoms with E-state index in [9.17, 15) is 9.90 Å².